The molecule has 0 saturated carbocycles. The van der Waals surface area contributed by atoms with Crippen molar-refractivity contribution in [3.05, 3.63) is 70.2 Å². The number of nitrogens with zero attached hydrogens (tertiary/aromatic N) is 2. The number of nitro groups is 1. The highest BCUT2D eigenvalue weighted by Gasteiger charge is 2.51. The molecule has 138 valence electrons. The molecule has 2 aromatic rings. The van der Waals surface area contributed by atoms with Crippen LogP contribution in [0.25, 0.3) is 6.08 Å². The van der Waals surface area contributed by atoms with E-state index in [2.05, 4.69) is 10.7 Å². The molecule has 10 heteroatoms. The van der Waals surface area contributed by atoms with Gasteiger partial charge in [0.2, 0.25) is 0 Å². The van der Waals surface area contributed by atoms with Gasteiger partial charge in [0.1, 0.15) is 5.76 Å². The Morgan fingerprint density at radius 2 is 2.11 bits per heavy atom. The Morgan fingerprint density at radius 3 is 2.78 bits per heavy atom. The molecule has 1 saturated heterocycles. The maximum absolute atomic E-state index is 12.5. The highest BCUT2D eigenvalue weighted by Crippen LogP contribution is 2.28. The number of hydrazine groups is 1. The zero-order chi connectivity index (χ0) is 19.6. The van der Waals surface area contributed by atoms with Crippen molar-refractivity contribution in [1.82, 2.24) is 15.8 Å². The first-order valence-corrected chi connectivity index (χ1v) is 7.75. The van der Waals surface area contributed by atoms with Gasteiger partial charge in [-0.3, -0.25) is 25.1 Å². The largest absolute Gasteiger partial charge is 0.466 e. The lowest BCUT2D eigenvalue weighted by Crippen LogP contribution is -2.47. The second kappa shape index (κ2) is 6.75. The summed E-state index contributed by atoms with van der Waals surface area (Å²) >= 11 is 0. The Labute approximate surface area is 152 Å². The quantitative estimate of drug-likeness (QED) is 0.356. The molecule has 0 spiro atoms. The summed E-state index contributed by atoms with van der Waals surface area (Å²) in [5.41, 5.74) is 1.03. The Hall–Kier alpha value is -3.95. The summed E-state index contributed by atoms with van der Waals surface area (Å²) in [7, 11) is 0. The lowest BCUT2D eigenvalue weighted by Gasteiger charge is -2.18. The number of urea groups is 1. The summed E-state index contributed by atoms with van der Waals surface area (Å²) in [5, 5.41) is 13.8. The summed E-state index contributed by atoms with van der Waals surface area (Å²) < 4.78 is 5.18. The van der Waals surface area contributed by atoms with Crippen molar-refractivity contribution in [2.45, 2.75) is 12.5 Å². The number of carbonyl (C=O) groups is 3. The number of nitrogens with one attached hydrogen (secondary N) is 2. The summed E-state index contributed by atoms with van der Waals surface area (Å²) in [6, 6.07) is 7.94. The molecule has 1 aliphatic rings. The van der Waals surface area contributed by atoms with Crippen molar-refractivity contribution in [2.75, 3.05) is 0 Å². The predicted molar refractivity (Wildman–Crippen MR) is 91.7 cm³/mol. The lowest BCUT2D eigenvalue weighted by atomic mass is 10.00. The Morgan fingerprint density at radius 1 is 1.33 bits per heavy atom. The average Bonchev–Trinajstić information content (AvgIpc) is 3.25. The van der Waals surface area contributed by atoms with Gasteiger partial charge in [-0.05, 0) is 30.7 Å². The van der Waals surface area contributed by atoms with Crippen molar-refractivity contribution < 1.29 is 23.7 Å². The number of non-ortho nitro benzene ring substituents is 1. The summed E-state index contributed by atoms with van der Waals surface area (Å²) in [6.45, 7) is 1.46. The van der Waals surface area contributed by atoms with Gasteiger partial charge in [-0.2, -0.15) is 5.01 Å². The van der Waals surface area contributed by atoms with E-state index in [1.165, 1.54) is 43.5 Å². The molecular formula is C17H14N4O6. The van der Waals surface area contributed by atoms with Gasteiger partial charge in [-0.1, -0.05) is 12.1 Å². The molecule has 0 unspecified atom stereocenters. The third kappa shape index (κ3) is 3.40. The van der Waals surface area contributed by atoms with Crippen LogP contribution in [0, 0.1) is 10.1 Å². The van der Waals surface area contributed by atoms with Crippen LogP contribution in [0.2, 0.25) is 0 Å². The van der Waals surface area contributed by atoms with Crippen LogP contribution in [-0.4, -0.2) is 27.8 Å². The molecule has 1 fully saturated rings. The first-order chi connectivity index (χ1) is 12.8. The zero-order valence-corrected chi connectivity index (χ0v) is 14.0. The number of hydrogen-bond donors (Lipinski definition) is 2. The van der Waals surface area contributed by atoms with Gasteiger partial charge >= 0.3 is 6.03 Å². The first-order valence-electron chi connectivity index (χ1n) is 7.75. The van der Waals surface area contributed by atoms with Crippen LogP contribution in [0.1, 0.15) is 18.2 Å². The molecule has 1 aromatic heterocycles. The number of furan rings is 1. The predicted octanol–water partition coefficient (Wildman–Crippen LogP) is 1.70. The molecule has 0 aliphatic carbocycles. The van der Waals surface area contributed by atoms with Crippen molar-refractivity contribution >= 4 is 29.6 Å². The summed E-state index contributed by atoms with van der Waals surface area (Å²) in [4.78, 5) is 46.9. The van der Waals surface area contributed by atoms with E-state index < -0.39 is 28.3 Å². The number of hydrogen-bond acceptors (Lipinski definition) is 6. The molecule has 2 N–H and O–H groups in total. The number of nitro benzene ring substituents is 1. The maximum atomic E-state index is 12.5. The van der Waals surface area contributed by atoms with E-state index in [1.807, 2.05) is 0 Å². The molecule has 0 radical (unpaired) electrons. The average molecular weight is 370 g/mol. The molecule has 3 rings (SSSR count). The van der Waals surface area contributed by atoms with Gasteiger partial charge in [-0.25, -0.2) is 4.79 Å². The van der Waals surface area contributed by atoms with Crippen molar-refractivity contribution in [1.29, 1.82) is 0 Å². The SMILES string of the molecule is C[C@@]1(c2ccco2)NC(=O)N(NC(=O)/C=C/c2cccc([N+](=O)[O-])c2)C1=O. The highest BCUT2D eigenvalue weighted by atomic mass is 16.6. The van der Waals surface area contributed by atoms with Gasteiger partial charge in [-0.15, -0.1) is 0 Å². The first kappa shape index (κ1) is 17.9. The minimum atomic E-state index is -1.43. The molecule has 2 heterocycles. The van der Waals surface area contributed by atoms with Crippen LogP contribution in [-0.2, 0) is 15.1 Å². The summed E-state index contributed by atoms with van der Waals surface area (Å²) in [5.74, 6) is -1.24. The molecule has 1 aliphatic heterocycles. The van der Waals surface area contributed by atoms with Gasteiger partial charge in [0.25, 0.3) is 17.5 Å². The van der Waals surface area contributed by atoms with E-state index in [4.69, 9.17) is 4.42 Å². The van der Waals surface area contributed by atoms with Gasteiger partial charge < -0.3 is 9.73 Å². The standard InChI is InChI=1S/C17H14N4O6/c1-17(13-6-3-9-27-13)15(23)20(16(24)18-17)19-14(22)8-7-11-4-2-5-12(10-11)21(25)26/h2-10H,1H3,(H,18,24)(H,19,22)/b8-7+/t17-/m0/s1. The Balaban J connectivity index is 1.71. The third-order valence-corrected chi connectivity index (χ3v) is 3.94. The maximum Gasteiger partial charge on any atom is 0.344 e. The van der Waals surface area contributed by atoms with Crippen LogP contribution in [0.4, 0.5) is 10.5 Å². The minimum Gasteiger partial charge on any atom is -0.466 e. The normalized spacial score (nSPS) is 19.4. The molecule has 1 aromatic carbocycles. The summed E-state index contributed by atoms with van der Waals surface area (Å²) in [6.07, 6.45) is 3.75. The van der Waals surface area contributed by atoms with Crippen molar-refractivity contribution in [3.63, 3.8) is 0 Å². The lowest BCUT2D eigenvalue weighted by molar-refractivity contribution is -0.384. The molecule has 10 nitrogen and oxygen atoms in total. The number of amides is 4. The van der Waals surface area contributed by atoms with E-state index in [1.54, 1.807) is 12.1 Å². The topological polar surface area (TPSA) is 135 Å². The monoisotopic (exact) mass is 370 g/mol. The highest BCUT2D eigenvalue weighted by molar-refractivity contribution is 6.08. The molecule has 1 atom stereocenters. The van der Waals surface area contributed by atoms with Crippen molar-refractivity contribution in [2.24, 2.45) is 0 Å². The number of benzene rings is 1. The van der Waals surface area contributed by atoms with Crippen LogP contribution < -0.4 is 10.7 Å². The van der Waals surface area contributed by atoms with Crippen LogP contribution >= 0.6 is 0 Å². The minimum absolute atomic E-state index is 0.124. The molecular weight excluding hydrogens is 356 g/mol. The number of imide groups is 1. The van der Waals surface area contributed by atoms with Crippen molar-refractivity contribution in [3.8, 4) is 0 Å². The third-order valence-electron chi connectivity index (χ3n) is 3.94. The zero-order valence-electron chi connectivity index (χ0n) is 14.0. The van der Waals surface area contributed by atoms with E-state index in [0.29, 0.717) is 10.6 Å². The van der Waals surface area contributed by atoms with Crippen LogP contribution in [0.3, 0.4) is 0 Å². The number of rotatable bonds is 5. The second-order valence-electron chi connectivity index (χ2n) is 5.83. The Kier molecular flexibility index (Phi) is 4.46. The van der Waals surface area contributed by atoms with E-state index >= 15 is 0 Å². The number of carbonyl (C=O) groups excluding carboxylic acids is 3. The fourth-order valence-electron chi connectivity index (χ4n) is 2.53. The van der Waals surface area contributed by atoms with E-state index in [9.17, 15) is 24.5 Å². The fraction of sp³-hybridized carbons (Fsp3) is 0.118. The Bertz CT molecular complexity index is 952. The molecule has 0 bridgehead atoms. The molecule has 4 amide bonds. The van der Waals surface area contributed by atoms with Crippen LogP contribution in [0.15, 0.2) is 53.2 Å². The second-order valence-corrected chi connectivity index (χ2v) is 5.83. The van der Waals surface area contributed by atoms with E-state index in [-0.39, 0.29) is 11.4 Å². The van der Waals surface area contributed by atoms with Gasteiger partial charge in [0.15, 0.2) is 5.54 Å². The fourth-order valence-corrected chi connectivity index (χ4v) is 2.53. The van der Waals surface area contributed by atoms with Gasteiger partial charge in [0.05, 0.1) is 11.2 Å². The van der Waals surface area contributed by atoms with Crippen LogP contribution in [0.5, 0.6) is 0 Å². The smallest absolute Gasteiger partial charge is 0.344 e. The van der Waals surface area contributed by atoms with E-state index in [0.717, 1.165) is 6.08 Å². The molecule has 27 heavy (non-hydrogen) atoms. The van der Waals surface area contributed by atoms with Gasteiger partial charge in [0, 0.05) is 18.2 Å².